The van der Waals surface area contributed by atoms with Crippen molar-refractivity contribution in [2.24, 2.45) is 0 Å². The lowest BCUT2D eigenvalue weighted by Gasteiger charge is -2.15. The molecule has 0 amide bonds. The zero-order valence-corrected chi connectivity index (χ0v) is 18.2. The number of rotatable bonds is 7. The Morgan fingerprint density at radius 3 is 2.76 bits per heavy atom. The van der Waals surface area contributed by atoms with Gasteiger partial charge in [0.2, 0.25) is 5.95 Å². The van der Waals surface area contributed by atoms with E-state index < -0.39 is 5.95 Å². The van der Waals surface area contributed by atoms with Crippen LogP contribution in [0.3, 0.4) is 0 Å². The molecule has 1 saturated carbocycles. The number of pyridine rings is 2. The van der Waals surface area contributed by atoms with Crippen LogP contribution >= 0.6 is 0 Å². The number of nitrogens with one attached hydrogen (secondary N) is 3. The maximum absolute atomic E-state index is 14.9. The van der Waals surface area contributed by atoms with Gasteiger partial charge in [0.25, 0.3) is 0 Å². The van der Waals surface area contributed by atoms with Crippen molar-refractivity contribution in [1.29, 1.82) is 0 Å². The molecule has 8 nitrogen and oxygen atoms in total. The van der Waals surface area contributed by atoms with Gasteiger partial charge in [-0.15, -0.1) is 0 Å². The molecule has 33 heavy (non-hydrogen) atoms. The summed E-state index contributed by atoms with van der Waals surface area (Å²) in [5.74, 6) is 0.0985. The van der Waals surface area contributed by atoms with E-state index in [0.29, 0.717) is 40.6 Å². The summed E-state index contributed by atoms with van der Waals surface area (Å²) < 4.78 is 14.9. The molecular formula is C24H24FN7O. The molecule has 0 bridgehead atoms. The quantitative estimate of drug-likeness (QED) is 0.270. The van der Waals surface area contributed by atoms with Gasteiger partial charge < -0.3 is 15.6 Å². The SMILES string of the molecule is CCc1ccc(Nc2cc(-c3c[nH]c4ncnc(NC5CCCC5)c34)c(C=O)c(F)n2)cn1. The van der Waals surface area contributed by atoms with Crippen molar-refractivity contribution < 1.29 is 9.18 Å². The number of carbonyl (C=O) groups excluding carboxylic acids is 1. The molecule has 0 unspecified atom stereocenters. The maximum Gasteiger partial charge on any atom is 0.226 e. The highest BCUT2D eigenvalue weighted by molar-refractivity contribution is 6.04. The van der Waals surface area contributed by atoms with Crippen LogP contribution < -0.4 is 10.6 Å². The van der Waals surface area contributed by atoms with Crippen LogP contribution in [0.25, 0.3) is 22.2 Å². The Bertz CT molecular complexity index is 1300. The molecule has 5 rings (SSSR count). The van der Waals surface area contributed by atoms with Crippen LogP contribution in [-0.4, -0.2) is 37.2 Å². The molecule has 9 heteroatoms. The van der Waals surface area contributed by atoms with Gasteiger partial charge >= 0.3 is 0 Å². The first-order valence-corrected chi connectivity index (χ1v) is 11.1. The molecule has 0 atom stereocenters. The summed E-state index contributed by atoms with van der Waals surface area (Å²) in [5.41, 5.74) is 3.18. The van der Waals surface area contributed by atoms with Gasteiger partial charge in [-0.3, -0.25) is 9.78 Å². The van der Waals surface area contributed by atoms with E-state index >= 15 is 0 Å². The topological polar surface area (TPSA) is 108 Å². The van der Waals surface area contributed by atoms with E-state index in [1.165, 1.54) is 19.2 Å². The first-order valence-electron chi connectivity index (χ1n) is 11.1. The van der Waals surface area contributed by atoms with Crippen molar-refractivity contribution in [1.82, 2.24) is 24.9 Å². The van der Waals surface area contributed by atoms with E-state index in [1.54, 1.807) is 18.5 Å². The fraction of sp³-hybridized carbons (Fsp3) is 0.292. The zero-order valence-electron chi connectivity index (χ0n) is 18.2. The molecule has 0 aromatic carbocycles. The van der Waals surface area contributed by atoms with Gasteiger partial charge in [-0.1, -0.05) is 19.8 Å². The number of nitrogens with zero attached hydrogens (tertiary/aromatic N) is 4. The number of anilines is 3. The predicted octanol–water partition coefficient (Wildman–Crippen LogP) is 5.03. The number of halogens is 1. The number of aldehydes is 1. The van der Waals surface area contributed by atoms with Gasteiger partial charge in [-0.2, -0.15) is 4.39 Å². The van der Waals surface area contributed by atoms with Gasteiger partial charge in [-0.25, -0.2) is 15.0 Å². The molecule has 0 aliphatic heterocycles. The average molecular weight is 446 g/mol. The highest BCUT2D eigenvalue weighted by Gasteiger charge is 2.22. The second-order valence-electron chi connectivity index (χ2n) is 8.17. The lowest BCUT2D eigenvalue weighted by Crippen LogP contribution is -2.15. The minimum Gasteiger partial charge on any atom is -0.367 e. The standard InChI is InChI=1S/C24H24FN7O/c1-2-14-7-8-16(10-26-14)30-20-9-17(19(12-33)22(25)32-20)18-11-27-23-21(18)24(29-13-28-23)31-15-5-3-4-6-15/h7-13,15H,2-6H2,1H3,(H,30,32)(H2,27,28,29,31). The third-order valence-corrected chi connectivity index (χ3v) is 6.05. The Morgan fingerprint density at radius 1 is 1.18 bits per heavy atom. The largest absolute Gasteiger partial charge is 0.367 e. The second-order valence-corrected chi connectivity index (χ2v) is 8.17. The maximum atomic E-state index is 14.9. The van der Waals surface area contributed by atoms with Crippen LogP contribution in [0.5, 0.6) is 0 Å². The first-order chi connectivity index (χ1) is 16.2. The smallest absolute Gasteiger partial charge is 0.226 e. The fourth-order valence-corrected chi connectivity index (χ4v) is 4.33. The number of fused-ring (bicyclic) bond motifs is 1. The number of hydrogen-bond acceptors (Lipinski definition) is 7. The molecule has 1 aliphatic carbocycles. The second kappa shape index (κ2) is 8.93. The van der Waals surface area contributed by atoms with E-state index in [4.69, 9.17) is 0 Å². The van der Waals surface area contributed by atoms with Gasteiger partial charge in [0, 0.05) is 29.1 Å². The van der Waals surface area contributed by atoms with Crippen LogP contribution in [0.4, 0.5) is 21.7 Å². The molecular weight excluding hydrogens is 421 g/mol. The third-order valence-electron chi connectivity index (χ3n) is 6.05. The lowest BCUT2D eigenvalue weighted by atomic mass is 10.0. The van der Waals surface area contributed by atoms with Crippen molar-refractivity contribution in [3.8, 4) is 11.1 Å². The molecule has 1 aliphatic rings. The summed E-state index contributed by atoms with van der Waals surface area (Å²) in [6.45, 7) is 2.03. The van der Waals surface area contributed by atoms with E-state index in [1.807, 2.05) is 19.1 Å². The van der Waals surface area contributed by atoms with Gasteiger partial charge in [-0.05, 0) is 37.5 Å². The summed E-state index contributed by atoms with van der Waals surface area (Å²) in [6.07, 6.45) is 10.7. The molecule has 3 N–H and O–H groups in total. The van der Waals surface area contributed by atoms with Gasteiger partial charge in [0.15, 0.2) is 6.29 Å². The van der Waals surface area contributed by atoms with Crippen LogP contribution in [-0.2, 0) is 6.42 Å². The predicted molar refractivity (Wildman–Crippen MR) is 125 cm³/mol. The molecule has 4 heterocycles. The average Bonchev–Trinajstić information content (AvgIpc) is 3.50. The van der Waals surface area contributed by atoms with Crippen LogP contribution in [0, 0.1) is 5.95 Å². The minimum absolute atomic E-state index is 0.114. The molecule has 168 valence electrons. The Morgan fingerprint density at radius 2 is 2.03 bits per heavy atom. The first kappa shape index (κ1) is 21.0. The Balaban J connectivity index is 1.58. The number of hydrogen-bond donors (Lipinski definition) is 3. The monoisotopic (exact) mass is 445 g/mol. The van der Waals surface area contributed by atoms with Gasteiger partial charge in [0.05, 0.1) is 22.8 Å². The third kappa shape index (κ3) is 4.13. The van der Waals surface area contributed by atoms with Crippen molar-refractivity contribution in [2.45, 2.75) is 45.1 Å². The molecule has 0 saturated heterocycles. The zero-order chi connectivity index (χ0) is 22.8. The van der Waals surface area contributed by atoms with Crippen molar-refractivity contribution in [3.05, 3.63) is 54.1 Å². The Kier molecular flexibility index (Phi) is 5.68. The van der Waals surface area contributed by atoms with E-state index in [2.05, 4.69) is 35.6 Å². The summed E-state index contributed by atoms with van der Waals surface area (Å²) in [4.78, 5) is 32.0. The molecule has 4 aromatic rings. The van der Waals surface area contributed by atoms with Crippen molar-refractivity contribution >= 4 is 34.6 Å². The van der Waals surface area contributed by atoms with Crippen molar-refractivity contribution in [2.75, 3.05) is 10.6 Å². The number of aromatic nitrogens is 5. The van der Waals surface area contributed by atoms with Crippen LogP contribution in [0.15, 0.2) is 36.9 Å². The highest BCUT2D eigenvalue weighted by atomic mass is 19.1. The number of aryl methyl sites for hydroxylation is 1. The number of aromatic amines is 1. The summed E-state index contributed by atoms with van der Waals surface area (Å²) in [7, 11) is 0. The lowest BCUT2D eigenvalue weighted by molar-refractivity contribution is 0.111. The fourth-order valence-electron chi connectivity index (χ4n) is 4.33. The summed E-state index contributed by atoms with van der Waals surface area (Å²) >= 11 is 0. The highest BCUT2D eigenvalue weighted by Crippen LogP contribution is 2.36. The number of carbonyl (C=O) groups is 1. The summed E-state index contributed by atoms with van der Waals surface area (Å²) in [5, 5.41) is 7.31. The Hall–Kier alpha value is -3.88. The van der Waals surface area contributed by atoms with Gasteiger partial charge in [0.1, 0.15) is 23.6 Å². The van der Waals surface area contributed by atoms with E-state index in [9.17, 15) is 9.18 Å². The minimum atomic E-state index is -0.848. The van der Waals surface area contributed by atoms with Crippen LogP contribution in [0.2, 0.25) is 0 Å². The van der Waals surface area contributed by atoms with E-state index in [0.717, 1.165) is 30.3 Å². The summed E-state index contributed by atoms with van der Waals surface area (Å²) in [6, 6.07) is 5.76. The Labute approximate surface area is 190 Å². The molecule has 0 radical (unpaired) electrons. The van der Waals surface area contributed by atoms with Crippen LogP contribution in [0.1, 0.15) is 48.7 Å². The molecule has 1 fully saturated rings. The van der Waals surface area contributed by atoms with Crippen molar-refractivity contribution in [3.63, 3.8) is 0 Å². The molecule has 0 spiro atoms. The van der Waals surface area contributed by atoms with E-state index in [-0.39, 0.29) is 11.4 Å². The normalized spacial score (nSPS) is 14.0. The molecule has 4 aromatic heterocycles. The number of H-pyrrole nitrogens is 1.